The van der Waals surface area contributed by atoms with Crippen LogP contribution in [0.3, 0.4) is 0 Å². The number of rotatable bonds is 20. The Bertz CT molecular complexity index is 1400. The number of carbonyl (C=O) groups is 5. The zero-order valence-corrected chi connectivity index (χ0v) is 35.2. The number of Topliss-reactive ketones (excluding diaryl/α,β-unsaturated/α-hetero) is 1. The van der Waals surface area contributed by atoms with Crippen molar-refractivity contribution in [3.63, 3.8) is 0 Å². The predicted octanol–water partition coefficient (Wildman–Crippen LogP) is 3.79. The van der Waals surface area contributed by atoms with Gasteiger partial charge in [-0.25, -0.2) is 0 Å². The topological polar surface area (TPSA) is 147 Å². The van der Waals surface area contributed by atoms with E-state index in [2.05, 4.69) is 15.5 Å². The van der Waals surface area contributed by atoms with Crippen LogP contribution in [0.1, 0.15) is 91.4 Å². The third-order valence-electron chi connectivity index (χ3n) is 11.6. The highest BCUT2D eigenvalue weighted by molar-refractivity contribution is 6.01. The fraction of sp³-hybridized carbons (Fsp3) is 0.738. The van der Waals surface area contributed by atoms with E-state index in [1.165, 1.54) is 0 Å². The van der Waals surface area contributed by atoms with E-state index < -0.39 is 42.3 Å². The number of carbonyl (C=O) groups excluding carboxylic acids is 5. The molecule has 3 rings (SSSR count). The van der Waals surface area contributed by atoms with Crippen LogP contribution in [-0.4, -0.2) is 141 Å². The third-order valence-corrected chi connectivity index (χ3v) is 11.6. The lowest BCUT2D eigenvalue weighted by molar-refractivity contribution is -0.148. The fourth-order valence-electron chi connectivity index (χ4n) is 8.29. The Hall–Kier alpha value is -3.39. The molecule has 0 saturated carbocycles. The molecule has 2 unspecified atom stereocenters. The Morgan fingerprint density at radius 1 is 0.873 bits per heavy atom. The first kappa shape index (κ1) is 46.0. The summed E-state index contributed by atoms with van der Waals surface area (Å²) in [6, 6.07) is 6.11. The molecule has 0 aromatic heterocycles. The molecule has 2 N–H and O–H groups in total. The molecule has 0 bridgehead atoms. The van der Waals surface area contributed by atoms with E-state index in [1.54, 1.807) is 69.2 Å². The van der Waals surface area contributed by atoms with Gasteiger partial charge in [-0.15, -0.1) is 0 Å². The number of amides is 4. The molecule has 0 aliphatic carbocycles. The van der Waals surface area contributed by atoms with Crippen LogP contribution in [0.25, 0.3) is 0 Å². The lowest BCUT2D eigenvalue weighted by Crippen LogP contribution is -2.61. The minimum absolute atomic E-state index is 0.0183. The Labute approximate surface area is 329 Å². The number of methoxy groups -OCH3 is 2. The molecule has 55 heavy (non-hydrogen) atoms. The molecule has 13 heteroatoms. The maximum absolute atomic E-state index is 14.4. The standard InChI is InChI=1S/C42H69N5O8/c1-12-28(6)37(45(9)42(52)35(26(2)3)44-41(51)36(27(4)5)46-21-23-55-24-22-46)33(53-10)25-34(48)47-20-16-19-32(47)39(54-11)29(7)40(50)43-30(8)38(49)31-17-14-13-15-18-31/h13-15,17-18,26-30,32-33,35-37,39H,12,16,19-25H2,1-11H3,(H,43,50)(H,44,51)/t28-,29+,30+,32-,33+,35-,36?,37?,39+/m0/s1. The van der Waals surface area contributed by atoms with Crippen LogP contribution < -0.4 is 10.6 Å². The number of nitrogens with one attached hydrogen (secondary N) is 2. The highest BCUT2D eigenvalue weighted by Crippen LogP contribution is 2.30. The van der Waals surface area contributed by atoms with Crippen LogP contribution in [0.4, 0.5) is 0 Å². The van der Waals surface area contributed by atoms with E-state index in [4.69, 9.17) is 14.2 Å². The van der Waals surface area contributed by atoms with Gasteiger partial charge in [0.05, 0.1) is 61.9 Å². The first-order valence-electron chi connectivity index (χ1n) is 20.2. The maximum Gasteiger partial charge on any atom is 0.245 e. The summed E-state index contributed by atoms with van der Waals surface area (Å²) in [6.45, 7) is 18.3. The molecule has 13 nitrogen and oxygen atoms in total. The van der Waals surface area contributed by atoms with Crippen molar-refractivity contribution in [2.75, 3.05) is 54.1 Å². The van der Waals surface area contributed by atoms with Gasteiger partial charge in [0, 0.05) is 46.5 Å². The molecule has 2 aliphatic rings. The monoisotopic (exact) mass is 772 g/mol. The van der Waals surface area contributed by atoms with Gasteiger partial charge in [0.1, 0.15) is 6.04 Å². The van der Waals surface area contributed by atoms with Gasteiger partial charge < -0.3 is 34.6 Å². The van der Waals surface area contributed by atoms with Gasteiger partial charge in [0.25, 0.3) is 0 Å². The molecule has 9 atom stereocenters. The van der Waals surface area contributed by atoms with Crippen molar-refractivity contribution in [3.8, 4) is 0 Å². The first-order chi connectivity index (χ1) is 26.1. The van der Waals surface area contributed by atoms with Gasteiger partial charge in [0.2, 0.25) is 23.6 Å². The molecular weight excluding hydrogens is 702 g/mol. The molecule has 310 valence electrons. The average molecular weight is 772 g/mol. The summed E-state index contributed by atoms with van der Waals surface area (Å²) in [5.41, 5.74) is 0.516. The number of morpholine rings is 1. The number of likely N-dealkylation sites (N-methyl/N-ethyl adjacent to an activating group) is 1. The minimum atomic E-state index is -0.775. The largest absolute Gasteiger partial charge is 0.379 e. The Morgan fingerprint density at radius 3 is 2.05 bits per heavy atom. The second kappa shape index (κ2) is 21.8. The summed E-state index contributed by atoms with van der Waals surface area (Å²) in [5, 5.41) is 5.96. The van der Waals surface area contributed by atoms with Crippen LogP contribution in [0.15, 0.2) is 30.3 Å². The molecular formula is C42H69N5O8. The van der Waals surface area contributed by atoms with E-state index in [-0.39, 0.29) is 59.6 Å². The molecule has 2 saturated heterocycles. The van der Waals surface area contributed by atoms with Crippen LogP contribution in [0.2, 0.25) is 0 Å². The second-order valence-electron chi connectivity index (χ2n) is 16.1. The Kier molecular flexibility index (Phi) is 18.2. The molecule has 2 fully saturated rings. The SMILES string of the molecule is CC[C@H](C)C([C@@H](CC(=O)N1CCC[C@H]1[C@H](OC)[C@@H](C)C(=O)N[C@H](C)C(=O)c1ccccc1)OC)N(C)C(=O)[C@@H](NC(=O)C(C(C)C)N1CCOCC1)C(C)C. The maximum atomic E-state index is 14.4. The quantitative estimate of drug-likeness (QED) is 0.189. The second-order valence-corrected chi connectivity index (χ2v) is 16.1. The van der Waals surface area contributed by atoms with Crippen molar-refractivity contribution >= 4 is 29.4 Å². The fourth-order valence-corrected chi connectivity index (χ4v) is 8.29. The van der Waals surface area contributed by atoms with E-state index >= 15 is 0 Å². The third kappa shape index (κ3) is 11.8. The number of hydrogen-bond donors (Lipinski definition) is 2. The Morgan fingerprint density at radius 2 is 1.51 bits per heavy atom. The lowest BCUT2D eigenvalue weighted by Gasteiger charge is -2.41. The lowest BCUT2D eigenvalue weighted by atomic mass is 9.89. The highest BCUT2D eigenvalue weighted by Gasteiger charge is 2.43. The predicted molar refractivity (Wildman–Crippen MR) is 212 cm³/mol. The van der Waals surface area contributed by atoms with Gasteiger partial charge in [0.15, 0.2) is 5.78 Å². The Balaban J connectivity index is 1.76. The summed E-state index contributed by atoms with van der Waals surface area (Å²) in [5.74, 6) is -1.90. The van der Waals surface area contributed by atoms with Crippen molar-refractivity contribution < 1.29 is 38.2 Å². The average Bonchev–Trinajstić information content (AvgIpc) is 3.66. The van der Waals surface area contributed by atoms with Gasteiger partial charge in [-0.2, -0.15) is 0 Å². The summed E-state index contributed by atoms with van der Waals surface area (Å²) >= 11 is 0. The molecule has 1 aromatic carbocycles. The molecule has 0 spiro atoms. The van der Waals surface area contributed by atoms with Crippen molar-refractivity contribution in [2.45, 2.75) is 123 Å². The number of ether oxygens (including phenoxy) is 3. The van der Waals surface area contributed by atoms with Crippen LogP contribution in [-0.2, 0) is 33.4 Å². The zero-order chi connectivity index (χ0) is 41.0. The van der Waals surface area contributed by atoms with E-state index in [0.29, 0.717) is 44.8 Å². The summed E-state index contributed by atoms with van der Waals surface area (Å²) < 4.78 is 17.5. The van der Waals surface area contributed by atoms with Crippen molar-refractivity contribution in [1.29, 1.82) is 0 Å². The van der Waals surface area contributed by atoms with Crippen molar-refractivity contribution in [1.82, 2.24) is 25.3 Å². The zero-order valence-electron chi connectivity index (χ0n) is 35.2. The number of hydrogen-bond acceptors (Lipinski definition) is 9. The van der Waals surface area contributed by atoms with Crippen LogP contribution in [0, 0.1) is 23.7 Å². The number of ketones is 1. The van der Waals surface area contributed by atoms with Gasteiger partial charge in [-0.1, -0.05) is 85.2 Å². The van der Waals surface area contributed by atoms with Crippen LogP contribution >= 0.6 is 0 Å². The van der Waals surface area contributed by atoms with Gasteiger partial charge in [-0.3, -0.25) is 28.9 Å². The van der Waals surface area contributed by atoms with Crippen molar-refractivity contribution in [3.05, 3.63) is 35.9 Å². The van der Waals surface area contributed by atoms with E-state index in [0.717, 1.165) is 12.8 Å². The molecule has 2 heterocycles. The van der Waals surface area contributed by atoms with E-state index in [9.17, 15) is 24.0 Å². The molecule has 1 aromatic rings. The van der Waals surface area contributed by atoms with Gasteiger partial charge in [-0.05, 0) is 37.5 Å². The van der Waals surface area contributed by atoms with Crippen molar-refractivity contribution in [2.24, 2.45) is 23.7 Å². The number of nitrogens with zero attached hydrogens (tertiary/aromatic N) is 3. The summed E-state index contributed by atoms with van der Waals surface area (Å²) in [4.78, 5) is 74.4. The smallest absolute Gasteiger partial charge is 0.245 e. The summed E-state index contributed by atoms with van der Waals surface area (Å²) in [7, 11) is 4.84. The van der Waals surface area contributed by atoms with E-state index in [1.807, 2.05) is 47.6 Å². The molecule has 4 amide bonds. The number of likely N-dealkylation sites (tertiary alicyclic amines) is 1. The number of benzene rings is 1. The first-order valence-corrected chi connectivity index (χ1v) is 20.2. The van der Waals surface area contributed by atoms with Gasteiger partial charge >= 0.3 is 0 Å². The summed E-state index contributed by atoms with van der Waals surface area (Å²) in [6.07, 6.45) is 0.911. The minimum Gasteiger partial charge on any atom is -0.379 e. The highest BCUT2D eigenvalue weighted by atomic mass is 16.5. The van der Waals surface area contributed by atoms with Crippen LogP contribution in [0.5, 0.6) is 0 Å². The normalized spacial score (nSPS) is 20.9. The molecule has 2 aliphatic heterocycles. The molecule has 0 radical (unpaired) electrons.